The fourth-order valence-electron chi connectivity index (χ4n) is 3.30. The first-order chi connectivity index (χ1) is 15.2. The Hall–Kier alpha value is -3.60. The highest BCUT2D eigenvalue weighted by molar-refractivity contribution is 5.76. The van der Waals surface area contributed by atoms with E-state index in [1.807, 2.05) is 54.6 Å². The molecule has 3 aromatic rings. The largest absolute Gasteiger partial charge is 0.482 e. The Morgan fingerprint density at radius 1 is 0.774 bits per heavy atom. The molecule has 0 aliphatic carbocycles. The molecule has 0 aliphatic heterocycles. The quantitative estimate of drug-likeness (QED) is 0.472. The van der Waals surface area contributed by atoms with E-state index >= 15 is 0 Å². The maximum atomic E-state index is 12.1. The van der Waals surface area contributed by atoms with Crippen LogP contribution in [0.1, 0.15) is 29.9 Å². The summed E-state index contributed by atoms with van der Waals surface area (Å²) in [5.41, 5.74) is 2.44. The van der Waals surface area contributed by atoms with Gasteiger partial charge in [-0.05, 0) is 29.7 Å². The van der Waals surface area contributed by atoms with Crippen LogP contribution in [0.4, 0.5) is 0 Å². The molecule has 0 saturated carbocycles. The summed E-state index contributed by atoms with van der Waals surface area (Å²) in [6.07, 6.45) is 0.906. The van der Waals surface area contributed by atoms with Crippen LogP contribution in [0.25, 0.3) is 0 Å². The van der Waals surface area contributed by atoms with E-state index in [9.17, 15) is 9.59 Å². The Bertz CT molecular complexity index is 890. The van der Waals surface area contributed by atoms with Gasteiger partial charge in [0.25, 0.3) is 0 Å². The highest BCUT2D eigenvalue weighted by atomic mass is 16.6. The van der Waals surface area contributed by atoms with E-state index in [0.29, 0.717) is 12.3 Å². The zero-order chi connectivity index (χ0) is 21.7. The monoisotopic (exact) mass is 417 g/mol. The molecule has 0 unspecified atom stereocenters. The Kier molecular flexibility index (Phi) is 8.68. The maximum Gasteiger partial charge on any atom is 0.344 e. The van der Waals surface area contributed by atoms with Crippen LogP contribution in [0.5, 0.6) is 5.75 Å². The van der Waals surface area contributed by atoms with Crippen LogP contribution in [-0.2, 0) is 14.3 Å². The van der Waals surface area contributed by atoms with Gasteiger partial charge in [0.2, 0.25) is 5.91 Å². The molecule has 0 radical (unpaired) electrons. The molecule has 0 aromatic heterocycles. The van der Waals surface area contributed by atoms with E-state index < -0.39 is 5.97 Å². The molecule has 0 aliphatic rings. The summed E-state index contributed by atoms with van der Waals surface area (Å²) in [6.45, 7) is 0.392. The molecule has 160 valence electrons. The summed E-state index contributed by atoms with van der Waals surface area (Å²) >= 11 is 0. The lowest BCUT2D eigenvalue weighted by Crippen LogP contribution is -2.27. The van der Waals surface area contributed by atoms with Crippen molar-refractivity contribution >= 4 is 11.9 Å². The molecule has 0 atom stereocenters. The molecule has 0 heterocycles. The van der Waals surface area contributed by atoms with Crippen LogP contribution in [0.15, 0.2) is 91.0 Å². The summed E-state index contributed by atoms with van der Waals surface area (Å²) in [5, 5.41) is 2.92. The van der Waals surface area contributed by atoms with Gasteiger partial charge in [-0.25, -0.2) is 4.79 Å². The molecule has 1 amide bonds. The third kappa shape index (κ3) is 7.63. The van der Waals surface area contributed by atoms with Crippen molar-refractivity contribution in [2.45, 2.75) is 18.8 Å². The van der Waals surface area contributed by atoms with E-state index in [-0.39, 0.29) is 31.5 Å². The van der Waals surface area contributed by atoms with Gasteiger partial charge in [0.15, 0.2) is 6.61 Å². The fraction of sp³-hybridized carbons (Fsp3) is 0.231. The molecule has 0 bridgehead atoms. The van der Waals surface area contributed by atoms with E-state index in [1.165, 1.54) is 11.1 Å². The van der Waals surface area contributed by atoms with Gasteiger partial charge >= 0.3 is 5.97 Å². The third-order valence-electron chi connectivity index (χ3n) is 4.85. The Balaban J connectivity index is 1.38. The maximum absolute atomic E-state index is 12.1. The zero-order valence-electron chi connectivity index (χ0n) is 17.4. The molecule has 3 aromatic carbocycles. The van der Waals surface area contributed by atoms with Crippen molar-refractivity contribution in [1.82, 2.24) is 5.32 Å². The van der Waals surface area contributed by atoms with Crippen LogP contribution in [0.2, 0.25) is 0 Å². The summed E-state index contributed by atoms with van der Waals surface area (Å²) in [4.78, 5) is 23.9. The zero-order valence-corrected chi connectivity index (χ0v) is 17.4. The van der Waals surface area contributed by atoms with Crippen molar-refractivity contribution in [3.8, 4) is 5.75 Å². The topological polar surface area (TPSA) is 64.6 Å². The van der Waals surface area contributed by atoms with Crippen LogP contribution in [-0.4, -0.2) is 31.6 Å². The SMILES string of the molecule is O=C(CCOC(=O)COc1ccccc1)NCCC(c1ccccc1)c1ccccc1. The third-order valence-corrected chi connectivity index (χ3v) is 4.85. The van der Waals surface area contributed by atoms with Gasteiger partial charge in [0.05, 0.1) is 6.42 Å². The van der Waals surface area contributed by atoms with Crippen molar-refractivity contribution in [3.05, 3.63) is 102 Å². The molecule has 0 spiro atoms. The minimum atomic E-state index is -0.495. The number of hydrogen-bond donors (Lipinski definition) is 1. The predicted octanol–water partition coefficient (Wildman–Crippen LogP) is 4.34. The van der Waals surface area contributed by atoms with Gasteiger partial charge in [-0.1, -0.05) is 78.9 Å². The second-order valence-corrected chi connectivity index (χ2v) is 7.08. The van der Waals surface area contributed by atoms with Crippen molar-refractivity contribution in [2.75, 3.05) is 19.8 Å². The van der Waals surface area contributed by atoms with Gasteiger partial charge in [0.1, 0.15) is 12.4 Å². The smallest absolute Gasteiger partial charge is 0.344 e. The fourth-order valence-corrected chi connectivity index (χ4v) is 3.30. The normalized spacial score (nSPS) is 10.5. The Morgan fingerprint density at radius 2 is 1.32 bits per heavy atom. The molecule has 5 heteroatoms. The summed E-state index contributed by atoms with van der Waals surface area (Å²) in [6, 6.07) is 29.6. The minimum absolute atomic E-state index is 0.0314. The molecular formula is C26H27NO4. The number of nitrogens with one attached hydrogen (secondary N) is 1. The number of rotatable bonds is 11. The summed E-state index contributed by atoms with van der Waals surface area (Å²) < 4.78 is 10.4. The minimum Gasteiger partial charge on any atom is -0.482 e. The van der Waals surface area contributed by atoms with Crippen molar-refractivity contribution in [1.29, 1.82) is 0 Å². The van der Waals surface area contributed by atoms with Crippen molar-refractivity contribution in [3.63, 3.8) is 0 Å². The van der Waals surface area contributed by atoms with Gasteiger partial charge < -0.3 is 14.8 Å². The highest BCUT2D eigenvalue weighted by Gasteiger charge is 2.14. The van der Waals surface area contributed by atoms with E-state index in [1.54, 1.807) is 12.1 Å². The molecule has 0 saturated heterocycles. The van der Waals surface area contributed by atoms with Crippen LogP contribution >= 0.6 is 0 Å². The Labute approximate surface area is 183 Å². The molecule has 31 heavy (non-hydrogen) atoms. The average molecular weight is 418 g/mol. The second-order valence-electron chi connectivity index (χ2n) is 7.08. The predicted molar refractivity (Wildman–Crippen MR) is 120 cm³/mol. The number of para-hydroxylation sites is 1. The van der Waals surface area contributed by atoms with Gasteiger partial charge in [-0.15, -0.1) is 0 Å². The highest BCUT2D eigenvalue weighted by Crippen LogP contribution is 2.27. The molecule has 1 N–H and O–H groups in total. The lowest BCUT2D eigenvalue weighted by atomic mass is 9.88. The van der Waals surface area contributed by atoms with E-state index in [4.69, 9.17) is 9.47 Å². The van der Waals surface area contributed by atoms with Gasteiger partial charge in [-0.3, -0.25) is 4.79 Å². The van der Waals surface area contributed by atoms with Gasteiger partial charge in [-0.2, -0.15) is 0 Å². The molecule has 3 rings (SSSR count). The molecular weight excluding hydrogens is 390 g/mol. The average Bonchev–Trinajstić information content (AvgIpc) is 2.82. The van der Waals surface area contributed by atoms with Crippen molar-refractivity contribution in [2.24, 2.45) is 0 Å². The van der Waals surface area contributed by atoms with E-state index in [0.717, 1.165) is 6.42 Å². The first-order valence-corrected chi connectivity index (χ1v) is 10.4. The second kappa shape index (κ2) is 12.2. The van der Waals surface area contributed by atoms with Crippen LogP contribution < -0.4 is 10.1 Å². The number of ether oxygens (including phenoxy) is 2. The standard InChI is InChI=1S/C26H27NO4/c28-25(17-19-30-26(29)20-31-23-14-8-3-9-15-23)27-18-16-24(21-10-4-1-5-11-21)22-12-6-2-7-13-22/h1-15,24H,16-20H2,(H,27,28). The molecule has 5 nitrogen and oxygen atoms in total. The first kappa shape index (κ1) is 22.1. The number of carbonyl (C=O) groups excluding carboxylic acids is 2. The Morgan fingerprint density at radius 3 is 1.90 bits per heavy atom. The lowest BCUT2D eigenvalue weighted by Gasteiger charge is -2.18. The molecule has 0 fully saturated rings. The number of esters is 1. The first-order valence-electron chi connectivity index (χ1n) is 10.4. The van der Waals surface area contributed by atoms with Gasteiger partial charge in [0, 0.05) is 12.5 Å². The number of amides is 1. The van der Waals surface area contributed by atoms with E-state index in [2.05, 4.69) is 29.6 Å². The van der Waals surface area contributed by atoms with Crippen LogP contribution in [0, 0.1) is 0 Å². The summed E-state index contributed by atoms with van der Waals surface area (Å²) in [5.74, 6) is 0.167. The summed E-state index contributed by atoms with van der Waals surface area (Å²) in [7, 11) is 0. The lowest BCUT2D eigenvalue weighted by molar-refractivity contribution is -0.146. The number of carbonyl (C=O) groups is 2. The number of hydrogen-bond acceptors (Lipinski definition) is 4. The number of benzene rings is 3. The van der Waals surface area contributed by atoms with Crippen molar-refractivity contribution < 1.29 is 19.1 Å². The van der Waals surface area contributed by atoms with Crippen LogP contribution in [0.3, 0.4) is 0 Å².